The lowest BCUT2D eigenvalue weighted by atomic mass is 10.1. The molecule has 0 aliphatic carbocycles. The van der Waals surface area contributed by atoms with Crippen LogP contribution in [0.4, 0.5) is 0 Å². The fourth-order valence-corrected chi connectivity index (χ4v) is 3.26. The van der Waals surface area contributed by atoms with Crippen molar-refractivity contribution < 1.29 is 14.3 Å². The van der Waals surface area contributed by atoms with Crippen molar-refractivity contribution in [2.24, 2.45) is 0 Å². The molecule has 0 aliphatic rings. The molecule has 0 saturated carbocycles. The SMILES string of the molecule is CCCc1c(C(=O)NCCc2cc(OC)cc(OC)c2)cnn1-c1ccccc1. The number of hydrogen-bond donors (Lipinski definition) is 1. The molecule has 2 aromatic carbocycles. The van der Waals surface area contributed by atoms with Crippen LogP contribution in [0, 0.1) is 0 Å². The van der Waals surface area contributed by atoms with Crippen LogP contribution in [0.1, 0.15) is 35.0 Å². The molecule has 0 saturated heterocycles. The Kier molecular flexibility index (Phi) is 6.89. The second kappa shape index (κ2) is 9.78. The summed E-state index contributed by atoms with van der Waals surface area (Å²) in [5, 5.41) is 7.47. The molecule has 29 heavy (non-hydrogen) atoms. The molecule has 1 aromatic heterocycles. The number of amides is 1. The van der Waals surface area contributed by atoms with E-state index in [-0.39, 0.29) is 5.91 Å². The van der Waals surface area contributed by atoms with Gasteiger partial charge in [0.2, 0.25) is 0 Å². The summed E-state index contributed by atoms with van der Waals surface area (Å²) < 4.78 is 12.5. The van der Waals surface area contributed by atoms with E-state index in [1.807, 2.05) is 53.2 Å². The average Bonchev–Trinajstić information content (AvgIpc) is 3.18. The molecule has 6 heteroatoms. The highest BCUT2D eigenvalue weighted by Gasteiger charge is 2.17. The number of hydrogen-bond acceptors (Lipinski definition) is 4. The summed E-state index contributed by atoms with van der Waals surface area (Å²) in [4.78, 5) is 12.8. The number of nitrogens with one attached hydrogen (secondary N) is 1. The van der Waals surface area contributed by atoms with E-state index in [0.29, 0.717) is 18.5 Å². The average molecular weight is 393 g/mol. The predicted molar refractivity (Wildman–Crippen MR) is 113 cm³/mol. The normalized spacial score (nSPS) is 10.6. The molecule has 3 aromatic rings. The van der Waals surface area contributed by atoms with E-state index >= 15 is 0 Å². The maximum Gasteiger partial charge on any atom is 0.254 e. The van der Waals surface area contributed by atoms with Crippen molar-refractivity contribution in [2.75, 3.05) is 20.8 Å². The quantitative estimate of drug-likeness (QED) is 0.600. The van der Waals surface area contributed by atoms with Crippen LogP contribution in [-0.2, 0) is 12.8 Å². The van der Waals surface area contributed by atoms with Gasteiger partial charge < -0.3 is 14.8 Å². The number of para-hydroxylation sites is 1. The fraction of sp³-hybridized carbons (Fsp3) is 0.304. The zero-order chi connectivity index (χ0) is 20.6. The van der Waals surface area contributed by atoms with Crippen LogP contribution in [0.25, 0.3) is 5.69 Å². The summed E-state index contributed by atoms with van der Waals surface area (Å²) in [6.07, 6.45) is 4.05. The largest absolute Gasteiger partial charge is 0.497 e. The standard InChI is InChI=1S/C23H27N3O3/c1-4-8-22-21(16-25-26(22)18-9-6-5-7-10-18)23(27)24-12-11-17-13-19(28-2)15-20(14-17)29-3/h5-7,9-10,13-16H,4,8,11-12H2,1-3H3,(H,24,27). The number of carbonyl (C=O) groups excluding carboxylic acids is 1. The molecular weight excluding hydrogens is 366 g/mol. The minimum atomic E-state index is -0.106. The zero-order valence-corrected chi connectivity index (χ0v) is 17.1. The number of ether oxygens (including phenoxy) is 2. The van der Waals surface area contributed by atoms with E-state index in [1.165, 1.54) is 0 Å². The second-order valence-corrected chi connectivity index (χ2v) is 6.73. The van der Waals surface area contributed by atoms with E-state index in [9.17, 15) is 4.79 Å². The third-order valence-electron chi connectivity index (χ3n) is 4.71. The Morgan fingerprint density at radius 1 is 1.03 bits per heavy atom. The number of carbonyl (C=O) groups is 1. The molecular formula is C23H27N3O3. The van der Waals surface area contributed by atoms with Gasteiger partial charge in [-0.05, 0) is 42.7 Å². The number of rotatable bonds is 9. The van der Waals surface area contributed by atoms with E-state index in [0.717, 1.165) is 41.3 Å². The first-order chi connectivity index (χ1) is 14.2. The van der Waals surface area contributed by atoms with Crippen LogP contribution in [0.3, 0.4) is 0 Å². The highest BCUT2D eigenvalue weighted by Crippen LogP contribution is 2.22. The molecule has 3 rings (SSSR count). The summed E-state index contributed by atoms with van der Waals surface area (Å²) in [7, 11) is 3.25. The molecule has 1 amide bonds. The highest BCUT2D eigenvalue weighted by atomic mass is 16.5. The topological polar surface area (TPSA) is 65.4 Å². The van der Waals surface area contributed by atoms with Crippen LogP contribution >= 0.6 is 0 Å². The summed E-state index contributed by atoms with van der Waals surface area (Å²) in [5.41, 5.74) is 3.55. The summed E-state index contributed by atoms with van der Waals surface area (Å²) in [6.45, 7) is 2.61. The van der Waals surface area contributed by atoms with E-state index in [4.69, 9.17) is 9.47 Å². The van der Waals surface area contributed by atoms with Gasteiger partial charge in [-0.3, -0.25) is 4.79 Å². The van der Waals surface area contributed by atoms with Crippen molar-refractivity contribution >= 4 is 5.91 Å². The molecule has 0 radical (unpaired) electrons. The van der Waals surface area contributed by atoms with Crippen LogP contribution in [-0.4, -0.2) is 36.5 Å². The number of nitrogens with zero attached hydrogens (tertiary/aromatic N) is 2. The van der Waals surface area contributed by atoms with Gasteiger partial charge in [0.15, 0.2) is 0 Å². The first-order valence-corrected chi connectivity index (χ1v) is 9.78. The minimum absolute atomic E-state index is 0.106. The molecule has 0 spiro atoms. The lowest BCUT2D eigenvalue weighted by Gasteiger charge is -2.11. The number of aromatic nitrogens is 2. The van der Waals surface area contributed by atoms with E-state index in [1.54, 1.807) is 20.4 Å². The molecule has 1 N–H and O–H groups in total. The Morgan fingerprint density at radius 3 is 2.34 bits per heavy atom. The highest BCUT2D eigenvalue weighted by molar-refractivity contribution is 5.95. The molecule has 6 nitrogen and oxygen atoms in total. The second-order valence-electron chi connectivity index (χ2n) is 6.73. The number of benzene rings is 2. The van der Waals surface area contributed by atoms with Gasteiger partial charge in [0.1, 0.15) is 11.5 Å². The van der Waals surface area contributed by atoms with Crippen molar-refractivity contribution in [1.29, 1.82) is 0 Å². The van der Waals surface area contributed by atoms with Gasteiger partial charge in [-0.15, -0.1) is 0 Å². The Balaban J connectivity index is 1.71. The third kappa shape index (κ3) is 4.96. The molecule has 0 fully saturated rings. The Morgan fingerprint density at radius 2 is 1.72 bits per heavy atom. The summed E-state index contributed by atoms with van der Waals surface area (Å²) in [6, 6.07) is 15.6. The molecule has 152 valence electrons. The van der Waals surface area contributed by atoms with Gasteiger partial charge in [-0.2, -0.15) is 5.10 Å². The van der Waals surface area contributed by atoms with Gasteiger partial charge >= 0.3 is 0 Å². The van der Waals surface area contributed by atoms with Crippen molar-refractivity contribution in [3.05, 3.63) is 71.5 Å². The van der Waals surface area contributed by atoms with Gasteiger partial charge in [-0.1, -0.05) is 31.5 Å². The van der Waals surface area contributed by atoms with E-state index in [2.05, 4.69) is 17.3 Å². The van der Waals surface area contributed by atoms with Crippen molar-refractivity contribution in [3.63, 3.8) is 0 Å². The summed E-state index contributed by atoms with van der Waals surface area (Å²) in [5.74, 6) is 1.37. The van der Waals surface area contributed by atoms with Gasteiger partial charge in [0.05, 0.1) is 37.4 Å². The molecule has 0 unspecified atom stereocenters. The number of methoxy groups -OCH3 is 2. The first-order valence-electron chi connectivity index (χ1n) is 9.78. The van der Waals surface area contributed by atoms with Crippen molar-refractivity contribution in [1.82, 2.24) is 15.1 Å². The van der Waals surface area contributed by atoms with Gasteiger partial charge in [-0.25, -0.2) is 4.68 Å². The van der Waals surface area contributed by atoms with E-state index < -0.39 is 0 Å². The Bertz CT molecular complexity index is 929. The van der Waals surface area contributed by atoms with Crippen LogP contribution in [0.5, 0.6) is 11.5 Å². The van der Waals surface area contributed by atoms with Crippen molar-refractivity contribution in [3.8, 4) is 17.2 Å². The van der Waals surface area contributed by atoms with Crippen LogP contribution in [0.2, 0.25) is 0 Å². The summed E-state index contributed by atoms with van der Waals surface area (Å²) >= 11 is 0. The zero-order valence-electron chi connectivity index (χ0n) is 17.1. The van der Waals surface area contributed by atoms with Crippen LogP contribution < -0.4 is 14.8 Å². The Labute approximate surface area is 171 Å². The molecule has 0 atom stereocenters. The minimum Gasteiger partial charge on any atom is -0.497 e. The Hall–Kier alpha value is -3.28. The smallest absolute Gasteiger partial charge is 0.254 e. The third-order valence-corrected chi connectivity index (χ3v) is 4.71. The van der Waals surface area contributed by atoms with Gasteiger partial charge in [0.25, 0.3) is 5.91 Å². The fourth-order valence-electron chi connectivity index (χ4n) is 3.26. The predicted octanol–water partition coefficient (Wildman–Crippen LogP) is 3.81. The molecule has 0 bridgehead atoms. The maximum atomic E-state index is 12.8. The van der Waals surface area contributed by atoms with Crippen LogP contribution in [0.15, 0.2) is 54.7 Å². The van der Waals surface area contributed by atoms with Gasteiger partial charge in [0, 0.05) is 12.6 Å². The van der Waals surface area contributed by atoms with Crippen molar-refractivity contribution in [2.45, 2.75) is 26.2 Å². The molecule has 1 heterocycles. The maximum absolute atomic E-state index is 12.8. The first kappa shape index (κ1) is 20.5. The lowest BCUT2D eigenvalue weighted by Crippen LogP contribution is -2.26. The molecule has 0 aliphatic heterocycles. The lowest BCUT2D eigenvalue weighted by molar-refractivity contribution is 0.0953. The monoisotopic (exact) mass is 393 g/mol.